The maximum atomic E-state index is 10.9. The predicted octanol–water partition coefficient (Wildman–Crippen LogP) is 3.01. The van der Waals surface area contributed by atoms with E-state index in [1.54, 1.807) is 38.5 Å². The Labute approximate surface area is 157 Å². The molecule has 2 aromatic rings. The van der Waals surface area contributed by atoms with Crippen molar-refractivity contribution in [1.82, 2.24) is 0 Å². The number of aliphatic carboxylic acids is 1. The molecule has 27 heavy (non-hydrogen) atoms. The van der Waals surface area contributed by atoms with E-state index in [0.717, 1.165) is 11.1 Å². The molecule has 0 aliphatic rings. The van der Waals surface area contributed by atoms with Crippen LogP contribution in [0.4, 0.5) is 0 Å². The van der Waals surface area contributed by atoms with Gasteiger partial charge in [0.2, 0.25) is 0 Å². The fourth-order valence-electron chi connectivity index (χ4n) is 2.66. The molecule has 0 aliphatic heterocycles. The number of carboxylic acids is 1. The molecule has 0 spiro atoms. The van der Waals surface area contributed by atoms with Crippen molar-refractivity contribution in [2.45, 2.75) is 18.9 Å². The first-order valence-corrected chi connectivity index (χ1v) is 8.32. The number of carbonyl (C=O) groups is 2. The molecule has 0 bridgehead atoms. The Balaban J connectivity index is 2.10. The van der Waals surface area contributed by atoms with Crippen LogP contribution < -0.4 is 14.2 Å². The van der Waals surface area contributed by atoms with Crippen LogP contribution in [0.15, 0.2) is 42.5 Å². The number of carbonyl (C=O) groups excluding carboxylic acids is 1. The van der Waals surface area contributed by atoms with Crippen LogP contribution in [0.2, 0.25) is 0 Å². The number of hydrogen-bond acceptors (Lipinski definition) is 6. The highest BCUT2D eigenvalue weighted by molar-refractivity contribution is 5.68. The summed E-state index contributed by atoms with van der Waals surface area (Å²) in [5.74, 6) is 0.618. The summed E-state index contributed by atoms with van der Waals surface area (Å²) in [6.45, 7) is -0.0294. The van der Waals surface area contributed by atoms with Crippen molar-refractivity contribution in [2.24, 2.45) is 0 Å². The third-order valence-electron chi connectivity index (χ3n) is 3.96. The fraction of sp³-hybridized carbons (Fsp3) is 0.300. The minimum Gasteiger partial charge on any atom is -0.493 e. The number of carboxylic acid groups (broad SMARTS) is 1. The lowest BCUT2D eigenvalue weighted by molar-refractivity contribution is -0.139. The Morgan fingerprint density at radius 2 is 1.89 bits per heavy atom. The van der Waals surface area contributed by atoms with Gasteiger partial charge in [-0.15, -0.1) is 0 Å². The Morgan fingerprint density at radius 3 is 2.56 bits per heavy atom. The van der Waals surface area contributed by atoms with Crippen molar-refractivity contribution >= 4 is 12.4 Å². The van der Waals surface area contributed by atoms with E-state index >= 15 is 0 Å². The van der Waals surface area contributed by atoms with Crippen LogP contribution >= 0.6 is 0 Å². The van der Waals surface area contributed by atoms with Gasteiger partial charge in [-0.2, -0.15) is 0 Å². The molecule has 0 radical (unpaired) electrons. The third kappa shape index (κ3) is 5.91. The number of hydrogen-bond donors (Lipinski definition) is 1. The van der Waals surface area contributed by atoms with Crippen LogP contribution in [0.25, 0.3) is 0 Å². The monoisotopic (exact) mass is 374 g/mol. The first-order chi connectivity index (χ1) is 13.1. The average molecular weight is 374 g/mol. The van der Waals surface area contributed by atoms with Crippen LogP contribution in [0.1, 0.15) is 23.7 Å². The first-order valence-electron chi connectivity index (χ1n) is 8.32. The van der Waals surface area contributed by atoms with Gasteiger partial charge in [-0.05, 0) is 48.2 Å². The molecule has 0 unspecified atom stereocenters. The van der Waals surface area contributed by atoms with E-state index in [9.17, 15) is 9.59 Å². The van der Waals surface area contributed by atoms with Crippen LogP contribution in [-0.2, 0) is 20.7 Å². The first kappa shape index (κ1) is 20.1. The molecule has 0 amide bonds. The number of methoxy groups -OCH3 is 2. The lowest BCUT2D eigenvalue weighted by Gasteiger charge is -2.17. The summed E-state index contributed by atoms with van der Waals surface area (Å²) >= 11 is 0. The second-order valence-electron chi connectivity index (χ2n) is 5.70. The summed E-state index contributed by atoms with van der Waals surface area (Å²) in [7, 11) is 3.15. The zero-order valence-corrected chi connectivity index (χ0v) is 15.2. The number of ether oxygens (including phenoxy) is 4. The molecule has 0 saturated carbocycles. The Hall–Kier alpha value is -3.22. The quantitative estimate of drug-likeness (QED) is 0.605. The van der Waals surface area contributed by atoms with Crippen molar-refractivity contribution in [3.05, 3.63) is 53.6 Å². The summed E-state index contributed by atoms with van der Waals surface area (Å²) in [5, 5.41) is 8.71. The summed E-state index contributed by atoms with van der Waals surface area (Å²) in [5.41, 5.74) is 1.73. The molecular formula is C20H22O7. The normalized spacial score (nSPS) is 11.3. The SMILES string of the molecule is COc1ccc(CC[C@@H](OC=O)c2cccc(OCC(=O)O)c2)cc1OC. The zero-order valence-electron chi connectivity index (χ0n) is 15.2. The van der Waals surface area contributed by atoms with Gasteiger partial charge >= 0.3 is 5.97 Å². The van der Waals surface area contributed by atoms with Gasteiger partial charge in [-0.25, -0.2) is 4.79 Å². The van der Waals surface area contributed by atoms with Crippen LogP contribution in [0, 0.1) is 0 Å². The van der Waals surface area contributed by atoms with E-state index in [2.05, 4.69) is 0 Å². The van der Waals surface area contributed by atoms with Crippen molar-refractivity contribution in [1.29, 1.82) is 0 Å². The molecule has 2 rings (SSSR count). The van der Waals surface area contributed by atoms with Gasteiger partial charge in [0.15, 0.2) is 18.1 Å². The Morgan fingerprint density at radius 1 is 1.11 bits per heavy atom. The highest BCUT2D eigenvalue weighted by Gasteiger charge is 2.15. The van der Waals surface area contributed by atoms with Gasteiger partial charge in [0.1, 0.15) is 11.9 Å². The number of aryl methyl sites for hydroxylation is 1. The van der Waals surface area contributed by atoms with Crippen LogP contribution in [0.5, 0.6) is 17.2 Å². The fourth-order valence-corrected chi connectivity index (χ4v) is 2.66. The second-order valence-corrected chi connectivity index (χ2v) is 5.70. The molecule has 0 heterocycles. The minimum absolute atomic E-state index is 0.403. The van der Waals surface area contributed by atoms with Gasteiger partial charge < -0.3 is 24.1 Å². The lowest BCUT2D eigenvalue weighted by atomic mass is 10.0. The zero-order chi connectivity index (χ0) is 19.6. The van der Waals surface area contributed by atoms with Gasteiger partial charge in [-0.3, -0.25) is 4.79 Å². The van der Waals surface area contributed by atoms with E-state index in [-0.39, 0.29) is 0 Å². The van der Waals surface area contributed by atoms with Crippen LogP contribution in [-0.4, -0.2) is 38.4 Å². The van der Waals surface area contributed by atoms with Crippen LogP contribution in [0.3, 0.4) is 0 Å². The number of benzene rings is 2. The van der Waals surface area contributed by atoms with E-state index in [4.69, 9.17) is 24.1 Å². The van der Waals surface area contributed by atoms with Gasteiger partial charge in [-0.1, -0.05) is 18.2 Å². The van der Waals surface area contributed by atoms with E-state index in [0.29, 0.717) is 36.6 Å². The van der Waals surface area contributed by atoms with Crippen molar-refractivity contribution in [3.63, 3.8) is 0 Å². The molecule has 7 heteroatoms. The summed E-state index contributed by atoms with van der Waals surface area (Å²) < 4.78 is 20.9. The second kappa shape index (κ2) is 10.1. The van der Waals surface area contributed by atoms with Crippen molar-refractivity contribution in [2.75, 3.05) is 20.8 Å². The molecule has 144 valence electrons. The van der Waals surface area contributed by atoms with E-state index in [1.165, 1.54) is 0 Å². The predicted molar refractivity (Wildman–Crippen MR) is 97.3 cm³/mol. The Bertz CT molecular complexity index is 773. The smallest absolute Gasteiger partial charge is 0.341 e. The molecular weight excluding hydrogens is 352 g/mol. The highest BCUT2D eigenvalue weighted by atomic mass is 16.5. The molecule has 1 N–H and O–H groups in total. The molecule has 2 aromatic carbocycles. The largest absolute Gasteiger partial charge is 0.493 e. The molecule has 7 nitrogen and oxygen atoms in total. The molecule has 0 saturated heterocycles. The van der Waals surface area contributed by atoms with Gasteiger partial charge in [0, 0.05) is 0 Å². The maximum Gasteiger partial charge on any atom is 0.341 e. The highest BCUT2D eigenvalue weighted by Crippen LogP contribution is 2.30. The summed E-state index contributed by atoms with van der Waals surface area (Å²) in [4.78, 5) is 21.6. The standard InChI is InChI=1S/C20H22O7/c1-24-18-9-7-14(10-19(18)25-2)6-8-17(27-13-21)15-4-3-5-16(11-15)26-12-20(22)23/h3-5,7,9-11,13,17H,6,8,12H2,1-2H3,(H,22,23)/t17-/m1/s1. The minimum atomic E-state index is -1.06. The summed E-state index contributed by atoms with van der Waals surface area (Å²) in [6, 6.07) is 12.5. The molecule has 1 atom stereocenters. The van der Waals surface area contributed by atoms with E-state index in [1.807, 2.05) is 18.2 Å². The number of rotatable bonds is 11. The molecule has 0 aliphatic carbocycles. The average Bonchev–Trinajstić information content (AvgIpc) is 2.69. The Kier molecular flexibility index (Phi) is 7.49. The topological polar surface area (TPSA) is 91.3 Å². The molecule has 0 aromatic heterocycles. The van der Waals surface area contributed by atoms with Gasteiger partial charge in [0.25, 0.3) is 6.47 Å². The molecule has 0 fully saturated rings. The third-order valence-corrected chi connectivity index (χ3v) is 3.96. The van der Waals surface area contributed by atoms with E-state index < -0.39 is 18.7 Å². The summed E-state index contributed by atoms with van der Waals surface area (Å²) in [6.07, 6.45) is 0.694. The van der Waals surface area contributed by atoms with Crippen molar-refractivity contribution in [3.8, 4) is 17.2 Å². The van der Waals surface area contributed by atoms with Crippen molar-refractivity contribution < 1.29 is 33.6 Å². The maximum absolute atomic E-state index is 10.9. The van der Waals surface area contributed by atoms with Gasteiger partial charge in [0.05, 0.1) is 14.2 Å². The lowest BCUT2D eigenvalue weighted by Crippen LogP contribution is -2.10.